The van der Waals surface area contributed by atoms with Crippen LogP contribution in [0.5, 0.6) is 0 Å². The Kier molecular flexibility index (Phi) is 2.53. The van der Waals surface area contributed by atoms with Crippen molar-refractivity contribution in [3.8, 4) is 17.3 Å². The Morgan fingerprint density at radius 1 is 1.00 bits per heavy atom. The number of nitrogens with zero attached hydrogens (tertiary/aromatic N) is 6. The van der Waals surface area contributed by atoms with Gasteiger partial charge in [0.15, 0.2) is 5.82 Å². The van der Waals surface area contributed by atoms with E-state index in [0.717, 1.165) is 5.56 Å². The number of hydrogen-bond donors (Lipinski definition) is 0. The lowest BCUT2D eigenvalue weighted by Gasteiger charge is -1.99. The highest BCUT2D eigenvalue weighted by Crippen LogP contribution is 2.22. The van der Waals surface area contributed by atoms with Gasteiger partial charge in [-0.1, -0.05) is 0 Å². The van der Waals surface area contributed by atoms with E-state index < -0.39 is 0 Å². The number of aryl methyl sites for hydroxylation is 1. The average molecular weight is 276 g/mol. The minimum absolute atomic E-state index is 0.511. The lowest BCUT2D eigenvalue weighted by Crippen LogP contribution is -2.00. The quantitative estimate of drug-likeness (QED) is 0.563. The van der Waals surface area contributed by atoms with Crippen molar-refractivity contribution in [1.29, 1.82) is 0 Å². The van der Waals surface area contributed by atoms with E-state index in [2.05, 4.69) is 42.8 Å². The fourth-order valence-corrected chi connectivity index (χ4v) is 2.32. The zero-order valence-corrected chi connectivity index (χ0v) is 11.4. The molecule has 21 heavy (non-hydrogen) atoms. The van der Waals surface area contributed by atoms with E-state index in [9.17, 15) is 0 Å². The first-order valence-corrected chi connectivity index (χ1v) is 6.56. The van der Waals surface area contributed by atoms with Crippen LogP contribution in [-0.2, 0) is 7.05 Å². The van der Waals surface area contributed by atoms with Crippen molar-refractivity contribution in [1.82, 2.24) is 29.3 Å². The van der Waals surface area contributed by atoms with Gasteiger partial charge in [0.05, 0.1) is 0 Å². The van der Waals surface area contributed by atoms with Crippen LogP contribution in [0.2, 0.25) is 0 Å². The second-order valence-corrected chi connectivity index (χ2v) is 4.76. The highest BCUT2D eigenvalue weighted by molar-refractivity contribution is 5.84. The molecule has 0 aliphatic heterocycles. The minimum Gasteiger partial charge on any atom is -0.351 e. The zero-order valence-electron chi connectivity index (χ0n) is 11.4. The Bertz CT molecular complexity index is 906. The van der Waals surface area contributed by atoms with Crippen molar-refractivity contribution in [3.05, 3.63) is 55.2 Å². The first-order valence-electron chi connectivity index (χ1n) is 6.56. The molecule has 102 valence electrons. The molecule has 0 amide bonds. The van der Waals surface area contributed by atoms with Crippen molar-refractivity contribution < 1.29 is 0 Å². The van der Waals surface area contributed by atoms with Crippen LogP contribution in [0.1, 0.15) is 0 Å². The van der Waals surface area contributed by atoms with Crippen LogP contribution >= 0.6 is 0 Å². The van der Waals surface area contributed by atoms with Gasteiger partial charge in [-0.15, -0.1) is 5.10 Å². The molecule has 6 nitrogen and oxygen atoms in total. The fourth-order valence-electron chi connectivity index (χ4n) is 2.32. The molecule has 6 heteroatoms. The summed E-state index contributed by atoms with van der Waals surface area (Å²) in [7, 11) is 2.03. The first kappa shape index (κ1) is 11.8. The Balaban J connectivity index is 1.77. The van der Waals surface area contributed by atoms with Gasteiger partial charge in [-0.3, -0.25) is 0 Å². The van der Waals surface area contributed by atoms with Crippen LogP contribution < -0.4 is 0 Å². The summed E-state index contributed by atoms with van der Waals surface area (Å²) in [6, 6.07) is 10.0. The summed E-state index contributed by atoms with van der Waals surface area (Å²) in [5, 5.41) is 5.61. The molecule has 4 aromatic rings. The third-order valence-corrected chi connectivity index (χ3v) is 3.39. The van der Waals surface area contributed by atoms with Gasteiger partial charge in [0.25, 0.3) is 5.95 Å². The van der Waals surface area contributed by atoms with Crippen LogP contribution in [0.15, 0.2) is 55.2 Å². The van der Waals surface area contributed by atoms with Gasteiger partial charge < -0.3 is 4.57 Å². The average Bonchev–Trinajstić information content (AvgIpc) is 3.15. The van der Waals surface area contributed by atoms with Crippen LogP contribution in [0, 0.1) is 0 Å². The maximum absolute atomic E-state index is 4.44. The predicted molar refractivity (Wildman–Crippen MR) is 78.9 cm³/mol. The van der Waals surface area contributed by atoms with E-state index in [1.165, 1.54) is 10.9 Å². The van der Waals surface area contributed by atoms with Crippen LogP contribution in [0.4, 0.5) is 0 Å². The number of benzene rings is 1. The van der Waals surface area contributed by atoms with E-state index in [1.807, 2.05) is 19.3 Å². The highest BCUT2D eigenvalue weighted by atomic mass is 15.4. The van der Waals surface area contributed by atoms with E-state index >= 15 is 0 Å². The molecule has 0 fully saturated rings. The molecule has 0 aliphatic carbocycles. The fraction of sp³-hybridized carbons (Fsp3) is 0.0667. The van der Waals surface area contributed by atoms with Crippen LogP contribution in [0.25, 0.3) is 28.2 Å². The maximum atomic E-state index is 4.44. The topological polar surface area (TPSA) is 61.4 Å². The molecule has 1 aromatic carbocycles. The summed E-state index contributed by atoms with van der Waals surface area (Å²) >= 11 is 0. The monoisotopic (exact) mass is 276 g/mol. The Morgan fingerprint density at radius 3 is 2.71 bits per heavy atom. The molecule has 0 atom stereocenters. The lowest BCUT2D eigenvalue weighted by molar-refractivity contribution is 0.808. The molecule has 0 N–H and O–H groups in total. The number of aromatic nitrogens is 6. The van der Waals surface area contributed by atoms with E-state index in [-0.39, 0.29) is 0 Å². The summed E-state index contributed by atoms with van der Waals surface area (Å²) < 4.78 is 3.66. The van der Waals surface area contributed by atoms with Crippen LogP contribution in [0.3, 0.4) is 0 Å². The van der Waals surface area contributed by atoms with Crippen molar-refractivity contribution in [2.24, 2.45) is 7.05 Å². The summed E-state index contributed by atoms with van der Waals surface area (Å²) in [6.07, 6.45) is 7.03. The standard InChI is InChI=1S/C15H12N6/c1-20-8-5-11-9-12(3-4-13(11)20)14-18-10-21(19-14)15-16-6-2-7-17-15/h2-10H,1H3. The number of fused-ring (bicyclic) bond motifs is 1. The maximum Gasteiger partial charge on any atom is 0.251 e. The normalized spacial score (nSPS) is 11.1. The molecule has 3 heterocycles. The molecule has 0 radical (unpaired) electrons. The SMILES string of the molecule is Cn1ccc2cc(-c3ncn(-c4ncccn4)n3)ccc21. The van der Waals surface area contributed by atoms with Gasteiger partial charge in [-0.25, -0.2) is 15.0 Å². The molecule has 0 saturated heterocycles. The van der Waals surface area contributed by atoms with Crippen LogP contribution in [-0.4, -0.2) is 29.3 Å². The molecule has 4 rings (SSSR count). The molecular formula is C15H12N6. The smallest absolute Gasteiger partial charge is 0.251 e. The molecule has 3 aromatic heterocycles. The van der Waals surface area contributed by atoms with E-state index in [4.69, 9.17) is 0 Å². The number of hydrogen-bond acceptors (Lipinski definition) is 4. The number of rotatable bonds is 2. The van der Waals surface area contributed by atoms with Gasteiger partial charge in [-0.2, -0.15) is 4.68 Å². The Morgan fingerprint density at radius 2 is 1.86 bits per heavy atom. The third kappa shape index (κ3) is 1.97. The van der Waals surface area contributed by atoms with Gasteiger partial charge >= 0.3 is 0 Å². The van der Waals surface area contributed by atoms with Crippen molar-refractivity contribution in [2.75, 3.05) is 0 Å². The van der Waals surface area contributed by atoms with Crippen molar-refractivity contribution in [2.45, 2.75) is 0 Å². The largest absolute Gasteiger partial charge is 0.351 e. The molecule has 0 aliphatic rings. The van der Waals surface area contributed by atoms with Gasteiger partial charge in [0.2, 0.25) is 0 Å². The zero-order chi connectivity index (χ0) is 14.2. The summed E-state index contributed by atoms with van der Waals surface area (Å²) in [4.78, 5) is 12.7. The minimum atomic E-state index is 0.511. The van der Waals surface area contributed by atoms with Gasteiger partial charge in [0.1, 0.15) is 6.33 Å². The summed E-state index contributed by atoms with van der Waals surface area (Å²) in [5.74, 6) is 1.17. The van der Waals surface area contributed by atoms with E-state index in [1.54, 1.807) is 29.5 Å². The van der Waals surface area contributed by atoms with Crippen molar-refractivity contribution in [3.63, 3.8) is 0 Å². The Hall–Kier alpha value is -3.02. The van der Waals surface area contributed by atoms with Crippen molar-refractivity contribution >= 4 is 10.9 Å². The van der Waals surface area contributed by atoms with E-state index in [0.29, 0.717) is 11.8 Å². The summed E-state index contributed by atoms with van der Waals surface area (Å²) in [5.41, 5.74) is 2.16. The molecule has 0 bridgehead atoms. The molecule has 0 saturated carbocycles. The second-order valence-electron chi connectivity index (χ2n) is 4.76. The molecular weight excluding hydrogens is 264 g/mol. The summed E-state index contributed by atoms with van der Waals surface area (Å²) in [6.45, 7) is 0. The van der Waals surface area contributed by atoms with Gasteiger partial charge in [-0.05, 0) is 30.3 Å². The third-order valence-electron chi connectivity index (χ3n) is 3.39. The Labute approximate surface area is 120 Å². The second kappa shape index (κ2) is 4.52. The highest BCUT2D eigenvalue weighted by Gasteiger charge is 2.08. The molecule has 0 unspecified atom stereocenters. The predicted octanol–water partition coefficient (Wildman–Crippen LogP) is 2.22. The first-order chi connectivity index (χ1) is 10.3. The molecule has 0 spiro atoms. The lowest BCUT2D eigenvalue weighted by atomic mass is 10.1. The van der Waals surface area contributed by atoms with Gasteiger partial charge in [0, 0.05) is 42.1 Å².